The normalized spacial score (nSPS) is 11.3. The Morgan fingerprint density at radius 3 is 2.12 bits per heavy atom. The van der Waals surface area contributed by atoms with Crippen molar-refractivity contribution < 1.29 is 27.9 Å². The molecule has 24 heavy (non-hydrogen) atoms. The molecule has 0 saturated carbocycles. The molecule has 0 aliphatic carbocycles. The number of ether oxygens (including phenoxy) is 1. The van der Waals surface area contributed by atoms with E-state index >= 15 is 0 Å². The van der Waals surface area contributed by atoms with Crippen LogP contribution in [0.1, 0.15) is 13.8 Å². The number of hydrogen-bond donors (Lipinski definition) is 1. The summed E-state index contributed by atoms with van der Waals surface area (Å²) in [5, 5.41) is 8.55. The molecule has 0 saturated heterocycles. The number of amides is 1. The van der Waals surface area contributed by atoms with Gasteiger partial charge >= 0.3 is 5.97 Å². The topological polar surface area (TPSA) is 104 Å². The monoisotopic (exact) mass is 358 g/mol. The molecule has 0 unspecified atom stereocenters. The predicted molar refractivity (Wildman–Crippen MR) is 89.7 cm³/mol. The van der Waals surface area contributed by atoms with Crippen molar-refractivity contribution in [1.82, 2.24) is 4.31 Å². The largest absolute Gasteiger partial charge is 0.482 e. The Bertz CT molecular complexity index is 668. The van der Waals surface area contributed by atoms with Gasteiger partial charge in [0.2, 0.25) is 15.9 Å². The number of benzene rings is 1. The number of sulfonamides is 1. The average molecular weight is 358 g/mol. The van der Waals surface area contributed by atoms with Gasteiger partial charge in [0, 0.05) is 25.8 Å². The van der Waals surface area contributed by atoms with Gasteiger partial charge in [-0.1, -0.05) is 13.8 Å². The molecule has 0 aromatic heterocycles. The first kappa shape index (κ1) is 19.9. The molecule has 0 aliphatic heterocycles. The van der Waals surface area contributed by atoms with E-state index in [1.165, 1.54) is 28.4 Å². The third-order valence-corrected chi connectivity index (χ3v) is 5.28. The van der Waals surface area contributed by atoms with Crippen molar-refractivity contribution in [1.29, 1.82) is 0 Å². The Morgan fingerprint density at radius 2 is 1.67 bits per heavy atom. The lowest BCUT2D eigenvalue weighted by Gasteiger charge is -2.21. The summed E-state index contributed by atoms with van der Waals surface area (Å²) in [6.07, 6.45) is 0. The number of carbonyl (C=O) groups excluding carboxylic acids is 1. The fourth-order valence-corrected chi connectivity index (χ4v) is 3.49. The molecule has 9 heteroatoms. The van der Waals surface area contributed by atoms with Crippen molar-refractivity contribution in [3.63, 3.8) is 0 Å². The number of nitrogens with zero attached hydrogens (tertiary/aromatic N) is 2. The molecule has 0 aliphatic rings. The molecule has 134 valence electrons. The second kappa shape index (κ2) is 8.65. The van der Waals surface area contributed by atoms with E-state index in [4.69, 9.17) is 9.84 Å². The molecule has 0 heterocycles. The maximum absolute atomic E-state index is 12.2. The number of aliphatic carboxylic acids is 1. The van der Waals surface area contributed by atoms with E-state index in [1.54, 1.807) is 26.0 Å². The van der Waals surface area contributed by atoms with E-state index < -0.39 is 34.3 Å². The number of anilines is 1. The van der Waals surface area contributed by atoms with Crippen LogP contribution in [0.2, 0.25) is 0 Å². The fraction of sp³-hybridized carbons (Fsp3) is 0.467. The van der Waals surface area contributed by atoms with Gasteiger partial charge < -0.3 is 14.7 Å². The first-order chi connectivity index (χ1) is 11.2. The average Bonchev–Trinajstić information content (AvgIpc) is 2.53. The summed E-state index contributed by atoms with van der Waals surface area (Å²) in [4.78, 5) is 23.9. The Balaban J connectivity index is 2.77. The molecule has 0 atom stereocenters. The molecule has 1 aromatic rings. The van der Waals surface area contributed by atoms with Crippen LogP contribution < -0.4 is 9.64 Å². The van der Waals surface area contributed by atoms with Crippen molar-refractivity contribution in [3.05, 3.63) is 24.3 Å². The second-order valence-electron chi connectivity index (χ2n) is 4.97. The number of rotatable bonds is 9. The molecular weight excluding hydrogens is 336 g/mol. The van der Waals surface area contributed by atoms with Gasteiger partial charge in [0.25, 0.3) is 0 Å². The summed E-state index contributed by atoms with van der Waals surface area (Å²) < 4.78 is 30.5. The number of carboxylic acids is 1. The van der Waals surface area contributed by atoms with Crippen LogP contribution in [-0.2, 0) is 19.6 Å². The highest BCUT2D eigenvalue weighted by Crippen LogP contribution is 2.19. The first-order valence-corrected chi connectivity index (χ1v) is 9.01. The van der Waals surface area contributed by atoms with E-state index in [0.29, 0.717) is 24.5 Å². The third-order valence-electron chi connectivity index (χ3n) is 3.37. The summed E-state index contributed by atoms with van der Waals surface area (Å²) >= 11 is 0. The summed E-state index contributed by atoms with van der Waals surface area (Å²) in [7, 11) is -2.17. The summed E-state index contributed by atoms with van der Waals surface area (Å²) in [5.74, 6) is -1.91. The molecule has 1 amide bonds. The summed E-state index contributed by atoms with van der Waals surface area (Å²) in [5.41, 5.74) is 0.484. The van der Waals surface area contributed by atoms with Crippen molar-refractivity contribution in [2.45, 2.75) is 13.8 Å². The predicted octanol–water partition coefficient (Wildman–Crippen LogP) is 0.784. The fourth-order valence-electron chi connectivity index (χ4n) is 2.02. The van der Waals surface area contributed by atoms with Crippen LogP contribution in [0.4, 0.5) is 5.69 Å². The van der Waals surface area contributed by atoms with Crippen molar-refractivity contribution >= 4 is 27.6 Å². The Hall–Kier alpha value is -2.13. The minimum Gasteiger partial charge on any atom is -0.482 e. The molecular formula is C15H22N2O6S. The highest BCUT2D eigenvalue weighted by atomic mass is 32.2. The zero-order valence-electron chi connectivity index (χ0n) is 13.9. The molecule has 1 aromatic carbocycles. The van der Waals surface area contributed by atoms with Crippen LogP contribution in [0.15, 0.2) is 24.3 Å². The van der Waals surface area contributed by atoms with Crippen LogP contribution in [-0.4, -0.2) is 62.2 Å². The quantitative estimate of drug-likeness (QED) is 0.700. The lowest BCUT2D eigenvalue weighted by molar-refractivity contribution is -0.139. The number of carboxylic acid groups (broad SMARTS) is 1. The minimum atomic E-state index is -3.65. The van der Waals surface area contributed by atoms with Crippen LogP contribution in [0.25, 0.3) is 0 Å². The molecule has 0 radical (unpaired) electrons. The SMILES string of the molecule is CCN(CC)S(=O)(=O)CC(=O)N(C)c1ccc(OCC(=O)O)cc1. The van der Waals surface area contributed by atoms with Crippen LogP contribution >= 0.6 is 0 Å². The molecule has 1 N–H and O–H groups in total. The van der Waals surface area contributed by atoms with E-state index in [-0.39, 0.29) is 0 Å². The van der Waals surface area contributed by atoms with Gasteiger partial charge in [-0.05, 0) is 24.3 Å². The molecule has 1 rings (SSSR count). The molecule has 0 spiro atoms. The lowest BCUT2D eigenvalue weighted by atomic mass is 10.3. The molecule has 0 bridgehead atoms. The van der Waals surface area contributed by atoms with Crippen molar-refractivity contribution in [2.24, 2.45) is 0 Å². The number of carbonyl (C=O) groups is 2. The number of hydrogen-bond acceptors (Lipinski definition) is 5. The molecule has 8 nitrogen and oxygen atoms in total. The smallest absolute Gasteiger partial charge is 0.341 e. The van der Waals surface area contributed by atoms with E-state index in [2.05, 4.69) is 0 Å². The first-order valence-electron chi connectivity index (χ1n) is 7.40. The third kappa shape index (κ3) is 5.50. The second-order valence-corrected chi connectivity index (χ2v) is 6.94. The van der Waals surface area contributed by atoms with Crippen LogP contribution in [0, 0.1) is 0 Å². The standard InChI is InChI=1S/C15H22N2O6S/c1-4-17(5-2)24(21,22)11-14(18)16(3)12-6-8-13(9-7-12)23-10-15(19)20/h6-9H,4-5,10-11H2,1-3H3,(H,19,20). The maximum Gasteiger partial charge on any atom is 0.341 e. The highest BCUT2D eigenvalue weighted by molar-refractivity contribution is 7.89. The summed E-state index contributed by atoms with van der Waals surface area (Å²) in [6.45, 7) is 3.59. The van der Waals surface area contributed by atoms with E-state index in [0.717, 1.165) is 0 Å². The van der Waals surface area contributed by atoms with Crippen molar-refractivity contribution in [2.75, 3.05) is 37.4 Å². The van der Waals surface area contributed by atoms with Gasteiger partial charge in [-0.15, -0.1) is 0 Å². The van der Waals surface area contributed by atoms with Crippen LogP contribution in [0.5, 0.6) is 5.75 Å². The van der Waals surface area contributed by atoms with Gasteiger partial charge in [0.15, 0.2) is 6.61 Å². The lowest BCUT2D eigenvalue weighted by Crippen LogP contribution is -2.40. The zero-order chi connectivity index (χ0) is 18.3. The molecule has 0 fully saturated rings. The van der Waals surface area contributed by atoms with Gasteiger partial charge in [0.1, 0.15) is 11.5 Å². The Labute approximate surface area is 141 Å². The highest BCUT2D eigenvalue weighted by Gasteiger charge is 2.25. The van der Waals surface area contributed by atoms with Gasteiger partial charge in [-0.3, -0.25) is 4.79 Å². The zero-order valence-corrected chi connectivity index (χ0v) is 14.7. The summed E-state index contributed by atoms with van der Waals surface area (Å²) in [6, 6.07) is 6.14. The van der Waals surface area contributed by atoms with Crippen LogP contribution in [0.3, 0.4) is 0 Å². The van der Waals surface area contributed by atoms with Gasteiger partial charge in [0.05, 0.1) is 0 Å². The Morgan fingerprint density at radius 1 is 1.12 bits per heavy atom. The van der Waals surface area contributed by atoms with E-state index in [1.807, 2.05) is 0 Å². The minimum absolute atomic E-state index is 0.311. The van der Waals surface area contributed by atoms with Gasteiger partial charge in [-0.2, -0.15) is 0 Å². The van der Waals surface area contributed by atoms with E-state index in [9.17, 15) is 18.0 Å². The maximum atomic E-state index is 12.2. The Kier molecular flexibility index (Phi) is 7.18. The van der Waals surface area contributed by atoms with Gasteiger partial charge in [-0.25, -0.2) is 17.5 Å². The van der Waals surface area contributed by atoms with Crippen molar-refractivity contribution in [3.8, 4) is 5.75 Å².